The molecule has 1 aromatic carbocycles. The van der Waals surface area contributed by atoms with Crippen molar-refractivity contribution in [3.05, 3.63) is 53.6 Å². The van der Waals surface area contributed by atoms with Crippen molar-refractivity contribution in [2.24, 2.45) is 0 Å². The Kier molecular flexibility index (Phi) is 3.79. The maximum atomic E-state index is 13.1. The van der Waals surface area contributed by atoms with Crippen molar-refractivity contribution < 1.29 is 27.5 Å². The third-order valence-electron chi connectivity index (χ3n) is 2.54. The molecular formula is C13H8F4N2O2. The van der Waals surface area contributed by atoms with Crippen molar-refractivity contribution in [2.75, 3.05) is 5.32 Å². The molecule has 1 aromatic heterocycles. The van der Waals surface area contributed by atoms with Gasteiger partial charge in [0, 0.05) is 17.6 Å². The van der Waals surface area contributed by atoms with Gasteiger partial charge in [0.15, 0.2) is 0 Å². The van der Waals surface area contributed by atoms with E-state index in [9.17, 15) is 22.4 Å². The predicted octanol–water partition coefficient (Wildman–Crippen LogP) is 3.68. The number of nitrogens with zero attached hydrogens (tertiary/aromatic N) is 1. The number of aromatic carboxylic acids is 1. The standard InChI is InChI=1S/C13H8F4N2O2/c14-10-2-1-7(5-9(10)13(15,16)17)19-8-3-4-18-11(6-8)12(20)21/h1-6H,(H,18,19)(H,20,21). The van der Waals surface area contributed by atoms with Crippen LogP contribution in [0.15, 0.2) is 36.5 Å². The van der Waals surface area contributed by atoms with Gasteiger partial charge in [-0.3, -0.25) is 0 Å². The zero-order valence-electron chi connectivity index (χ0n) is 10.3. The summed E-state index contributed by atoms with van der Waals surface area (Å²) in [5.74, 6) is -2.65. The molecule has 0 radical (unpaired) electrons. The summed E-state index contributed by atoms with van der Waals surface area (Å²) in [6, 6.07) is 4.94. The minimum Gasteiger partial charge on any atom is -0.477 e. The summed E-state index contributed by atoms with van der Waals surface area (Å²) in [7, 11) is 0. The molecule has 4 nitrogen and oxygen atoms in total. The summed E-state index contributed by atoms with van der Waals surface area (Å²) in [5, 5.41) is 11.3. The van der Waals surface area contributed by atoms with Crippen LogP contribution in [0.2, 0.25) is 0 Å². The molecular weight excluding hydrogens is 292 g/mol. The molecule has 0 saturated heterocycles. The first kappa shape index (κ1) is 14.8. The SMILES string of the molecule is O=C(O)c1cc(Nc2ccc(F)c(C(F)(F)F)c2)ccn1. The van der Waals surface area contributed by atoms with E-state index in [1.165, 1.54) is 12.3 Å². The summed E-state index contributed by atoms with van der Waals surface area (Å²) in [6.45, 7) is 0. The van der Waals surface area contributed by atoms with Crippen LogP contribution in [0.5, 0.6) is 0 Å². The summed E-state index contributed by atoms with van der Waals surface area (Å²) in [6.07, 6.45) is -3.62. The van der Waals surface area contributed by atoms with Gasteiger partial charge < -0.3 is 10.4 Å². The van der Waals surface area contributed by atoms with E-state index in [1.807, 2.05) is 0 Å². The number of alkyl halides is 3. The van der Waals surface area contributed by atoms with Gasteiger partial charge in [-0.05, 0) is 30.3 Å². The number of aromatic nitrogens is 1. The highest BCUT2D eigenvalue weighted by Crippen LogP contribution is 2.33. The van der Waals surface area contributed by atoms with Crippen LogP contribution in [0.1, 0.15) is 16.1 Å². The van der Waals surface area contributed by atoms with Gasteiger partial charge in [0.25, 0.3) is 0 Å². The van der Waals surface area contributed by atoms with Gasteiger partial charge in [0.1, 0.15) is 11.5 Å². The van der Waals surface area contributed by atoms with Crippen LogP contribution in [0.25, 0.3) is 0 Å². The minimum absolute atomic E-state index is 0.0220. The zero-order valence-corrected chi connectivity index (χ0v) is 10.3. The molecule has 0 aliphatic rings. The van der Waals surface area contributed by atoms with Crippen LogP contribution >= 0.6 is 0 Å². The van der Waals surface area contributed by atoms with Gasteiger partial charge in [-0.25, -0.2) is 14.2 Å². The maximum absolute atomic E-state index is 13.1. The zero-order chi connectivity index (χ0) is 15.6. The van der Waals surface area contributed by atoms with Crippen molar-refractivity contribution in [3.63, 3.8) is 0 Å². The number of carboxylic acids is 1. The first-order valence-corrected chi connectivity index (χ1v) is 5.60. The number of carbonyl (C=O) groups is 1. The maximum Gasteiger partial charge on any atom is 0.419 e. The van der Waals surface area contributed by atoms with Gasteiger partial charge in [-0.2, -0.15) is 13.2 Å². The molecule has 0 bridgehead atoms. The van der Waals surface area contributed by atoms with E-state index in [2.05, 4.69) is 10.3 Å². The molecule has 2 aromatic rings. The minimum atomic E-state index is -4.81. The molecule has 0 amide bonds. The Bertz CT molecular complexity index is 686. The number of hydrogen-bond donors (Lipinski definition) is 2. The third-order valence-corrected chi connectivity index (χ3v) is 2.54. The lowest BCUT2D eigenvalue weighted by molar-refractivity contribution is -0.139. The lowest BCUT2D eigenvalue weighted by Crippen LogP contribution is -2.08. The van der Waals surface area contributed by atoms with Gasteiger partial charge in [0.05, 0.1) is 5.56 Å². The van der Waals surface area contributed by atoms with Gasteiger partial charge in [0.2, 0.25) is 0 Å². The topological polar surface area (TPSA) is 62.2 Å². The second-order valence-electron chi connectivity index (χ2n) is 4.05. The van der Waals surface area contributed by atoms with Gasteiger partial charge >= 0.3 is 12.1 Å². The Labute approximate surface area is 116 Å². The van der Waals surface area contributed by atoms with Crippen LogP contribution in [0.4, 0.5) is 28.9 Å². The van der Waals surface area contributed by atoms with Crippen molar-refractivity contribution in [1.82, 2.24) is 4.98 Å². The summed E-state index contributed by atoms with van der Waals surface area (Å²) in [4.78, 5) is 14.3. The molecule has 0 saturated carbocycles. The molecule has 0 aliphatic heterocycles. The molecule has 1 heterocycles. The van der Waals surface area contributed by atoms with Crippen molar-refractivity contribution in [2.45, 2.75) is 6.18 Å². The number of halogens is 4. The smallest absolute Gasteiger partial charge is 0.419 e. The molecule has 21 heavy (non-hydrogen) atoms. The van der Waals surface area contributed by atoms with Crippen LogP contribution < -0.4 is 5.32 Å². The number of carboxylic acid groups (broad SMARTS) is 1. The Balaban J connectivity index is 2.32. The Hall–Kier alpha value is -2.64. The van der Waals surface area contributed by atoms with E-state index >= 15 is 0 Å². The van der Waals surface area contributed by atoms with Gasteiger partial charge in [-0.15, -0.1) is 0 Å². The highest BCUT2D eigenvalue weighted by atomic mass is 19.4. The summed E-state index contributed by atoms with van der Waals surface area (Å²) in [5.41, 5.74) is -1.47. The predicted molar refractivity (Wildman–Crippen MR) is 65.9 cm³/mol. The normalized spacial score (nSPS) is 11.2. The quantitative estimate of drug-likeness (QED) is 0.849. The van der Waals surface area contributed by atoms with E-state index in [4.69, 9.17) is 5.11 Å². The van der Waals surface area contributed by atoms with Crippen LogP contribution in [0.3, 0.4) is 0 Å². The van der Waals surface area contributed by atoms with E-state index in [0.29, 0.717) is 12.1 Å². The molecule has 0 unspecified atom stereocenters. The lowest BCUT2D eigenvalue weighted by atomic mass is 10.1. The largest absolute Gasteiger partial charge is 0.477 e. The molecule has 0 atom stereocenters. The van der Waals surface area contributed by atoms with E-state index in [-0.39, 0.29) is 17.1 Å². The molecule has 0 fully saturated rings. The first-order valence-electron chi connectivity index (χ1n) is 5.60. The Morgan fingerprint density at radius 3 is 2.43 bits per heavy atom. The monoisotopic (exact) mass is 300 g/mol. The number of benzene rings is 1. The van der Waals surface area contributed by atoms with Crippen LogP contribution in [-0.4, -0.2) is 16.1 Å². The average Bonchev–Trinajstić information content (AvgIpc) is 2.40. The summed E-state index contributed by atoms with van der Waals surface area (Å²) >= 11 is 0. The molecule has 0 aliphatic carbocycles. The molecule has 2 rings (SSSR count). The fraction of sp³-hybridized carbons (Fsp3) is 0.0769. The second-order valence-corrected chi connectivity index (χ2v) is 4.05. The van der Waals surface area contributed by atoms with E-state index in [0.717, 1.165) is 12.1 Å². The number of rotatable bonds is 3. The highest BCUT2D eigenvalue weighted by Gasteiger charge is 2.34. The molecule has 110 valence electrons. The fourth-order valence-corrected chi connectivity index (χ4v) is 1.61. The molecule has 2 N–H and O–H groups in total. The van der Waals surface area contributed by atoms with Gasteiger partial charge in [-0.1, -0.05) is 0 Å². The number of anilines is 2. The van der Waals surface area contributed by atoms with Crippen LogP contribution in [-0.2, 0) is 6.18 Å². The van der Waals surface area contributed by atoms with Crippen molar-refractivity contribution in [3.8, 4) is 0 Å². The van der Waals surface area contributed by atoms with Crippen molar-refractivity contribution >= 4 is 17.3 Å². The first-order chi connectivity index (χ1) is 9.77. The van der Waals surface area contributed by atoms with E-state index < -0.39 is 23.5 Å². The lowest BCUT2D eigenvalue weighted by Gasteiger charge is -2.11. The molecule has 8 heteroatoms. The molecule has 0 spiro atoms. The third kappa shape index (κ3) is 3.47. The van der Waals surface area contributed by atoms with Crippen molar-refractivity contribution in [1.29, 1.82) is 0 Å². The summed E-state index contributed by atoms with van der Waals surface area (Å²) < 4.78 is 50.9. The number of hydrogen-bond acceptors (Lipinski definition) is 3. The second kappa shape index (κ2) is 5.39. The number of nitrogens with one attached hydrogen (secondary N) is 1. The van der Waals surface area contributed by atoms with E-state index in [1.54, 1.807) is 0 Å². The fourth-order valence-electron chi connectivity index (χ4n) is 1.61. The average molecular weight is 300 g/mol. The Morgan fingerprint density at radius 2 is 1.81 bits per heavy atom. The number of pyridine rings is 1. The Morgan fingerprint density at radius 1 is 1.14 bits per heavy atom. The van der Waals surface area contributed by atoms with Crippen LogP contribution in [0, 0.1) is 5.82 Å². The highest BCUT2D eigenvalue weighted by molar-refractivity contribution is 5.86.